The van der Waals surface area contributed by atoms with Gasteiger partial charge in [-0.05, 0) is 51.5 Å². The maximum Gasteiger partial charge on any atom is 0.0153 e. The van der Waals surface area contributed by atoms with Crippen LogP contribution in [0, 0.1) is 5.92 Å². The third kappa shape index (κ3) is 3.18. The van der Waals surface area contributed by atoms with Crippen molar-refractivity contribution in [3.63, 3.8) is 0 Å². The lowest BCUT2D eigenvalue weighted by atomic mass is 9.85. The molecule has 0 aromatic carbocycles. The van der Waals surface area contributed by atoms with E-state index in [0.29, 0.717) is 11.6 Å². The fourth-order valence-corrected chi connectivity index (χ4v) is 3.24. The van der Waals surface area contributed by atoms with Gasteiger partial charge in [0.15, 0.2) is 0 Å². The molecular weight excluding hydrogens is 184 g/mol. The number of nitrogens with two attached hydrogens (primary N) is 1. The van der Waals surface area contributed by atoms with Crippen LogP contribution in [0.25, 0.3) is 0 Å². The Kier molecular flexibility index (Phi) is 3.68. The molecular formula is C13H26N2. The Labute approximate surface area is 94.0 Å². The minimum absolute atomic E-state index is 0.446. The molecule has 0 aromatic heterocycles. The van der Waals surface area contributed by atoms with E-state index in [4.69, 9.17) is 5.73 Å². The van der Waals surface area contributed by atoms with Crippen molar-refractivity contribution in [3.8, 4) is 0 Å². The third-order valence-corrected chi connectivity index (χ3v) is 4.35. The molecule has 2 fully saturated rings. The van der Waals surface area contributed by atoms with Crippen molar-refractivity contribution in [2.75, 3.05) is 6.54 Å². The van der Waals surface area contributed by atoms with E-state index < -0.39 is 0 Å². The second-order valence-corrected chi connectivity index (χ2v) is 5.94. The van der Waals surface area contributed by atoms with Gasteiger partial charge < -0.3 is 11.1 Å². The van der Waals surface area contributed by atoms with Crippen molar-refractivity contribution < 1.29 is 0 Å². The molecule has 2 saturated carbocycles. The van der Waals surface area contributed by atoms with Crippen LogP contribution in [-0.2, 0) is 0 Å². The summed E-state index contributed by atoms with van der Waals surface area (Å²) in [6, 6.07) is 0.474. The summed E-state index contributed by atoms with van der Waals surface area (Å²) in [6.45, 7) is 3.59. The highest BCUT2D eigenvalue weighted by atomic mass is 15.0. The van der Waals surface area contributed by atoms with Gasteiger partial charge >= 0.3 is 0 Å². The first-order valence-corrected chi connectivity index (χ1v) is 6.69. The molecule has 2 unspecified atom stereocenters. The quantitative estimate of drug-likeness (QED) is 0.751. The topological polar surface area (TPSA) is 38.0 Å². The van der Waals surface area contributed by atoms with E-state index >= 15 is 0 Å². The van der Waals surface area contributed by atoms with Gasteiger partial charge in [-0.2, -0.15) is 0 Å². The number of hydrogen-bond donors (Lipinski definition) is 2. The van der Waals surface area contributed by atoms with E-state index in [1.807, 2.05) is 0 Å². The van der Waals surface area contributed by atoms with Crippen LogP contribution in [-0.4, -0.2) is 18.1 Å². The predicted molar refractivity (Wildman–Crippen MR) is 64.8 cm³/mol. The van der Waals surface area contributed by atoms with Gasteiger partial charge in [-0.25, -0.2) is 0 Å². The minimum Gasteiger partial charge on any atom is -0.328 e. The number of nitrogens with one attached hydrogen (secondary N) is 1. The van der Waals surface area contributed by atoms with Crippen molar-refractivity contribution >= 4 is 0 Å². The summed E-state index contributed by atoms with van der Waals surface area (Å²) in [5, 5.41) is 3.79. The molecule has 2 aliphatic carbocycles. The molecule has 88 valence electrons. The molecule has 2 atom stereocenters. The molecule has 2 nitrogen and oxygen atoms in total. The van der Waals surface area contributed by atoms with Gasteiger partial charge in [0.2, 0.25) is 0 Å². The first-order valence-electron chi connectivity index (χ1n) is 6.69. The Balaban J connectivity index is 1.72. The lowest BCUT2D eigenvalue weighted by Gasteiger charge is -2.32. The highest BCUT2D eigenvalue weighted by Gasteiger charge is 2.29. The van der Waals surface area contributed by atoms with Crippen molar-refractivity contribution in [2.24, 2.45) is 11.7 Å². The van der Waals surface area contributed by atoms with Gasteiger partial charge in [0.25, 0.3) is 0 Å². The molecule has 3 N–H and O–H groups in total. The third-order valence-electron chi connectivity index (χ3n) is 4.35. The van der Waals surface area contributed by atoms with Crippen molar-refractivity contribution in [1.29, 1.82) is 0 Å². The monoisotopic (exact) mass is 210 g/mol. The molecule has 2 rings (SSSR count). The minimum atomic E-state index is 0.446. The second kappa shape index (κ2) is 4.84. The van der Waals surface area contributed by atoms with E-state index in [-0.39, 0.29) is 0 Å². The zero-order valence-corrected chi connectivity index (χ0v) is 10.1. The number of hydrogen-bond acceptors (Lipinski definition) is 2. The van der Waals surface area contributed by atoms with Gasteiger partial charge in [0, 0.05) is 11.6 Å². The van der Waals surface area contributed by atoms with E-state index in [9.17, 15) is 0 Å². The van der Waals surface area contributed by atoms with Crippen molar-refractivity contribution in [1.82, 2.24) is 5.32 Å². The average Bonchev–Trinajstić information content (AvgIpc) is 2.63. The fourth-order valence-electron chi connectivity index (χ4n) is 3.24. The SMILES string of the molecule is CC1(NCC2CCCC(N)C2)CCCC1. The largest absolute Gasteiger partial charge is 0.328 e. The smallest absolute Gasteiger partial charge is 0.0153 e. The predicted octanol–water partition coefficient (Wildman–Crippen LogP) is 2.43. The molecule has 0 saturated heterocycles. The lowest BCUT2D eigenvalue weighted by molar-refractivity contribution is 0.268. The van der Waals surface area contributed by atoms with Crippen molar-refractivity contribution in [3.05, 3.63) is 0 Å². The highest BCUT2D eigenvalue weighted by Crippen LogP contribution is 2.30. The van der Waals surface area contributed by atoms with Crippen LogP contribution in [0.2, 0.25) is 0 Å². The summed E-state index contributed by atoms with van der Waals surface area (Å²) in [5.41, 5.74) is 6.46. The van der Waals surface area contributed by atoms with Crippen LogP contribution in [0.3, 0.4) is 0 Å². The molecule has 0 aromatic rings. The summed E-state index contributed by atoms with van der Waals surface area (Å²) in [5.74, 6) is 0.839. The van der Waals surface area contributed by atoms with Crippen LogP contribution >= 0.6 is 0 Å². The molecule has 2 heteroatoms. The van der Waals surface area contributed by atoms with Crippen LogP contribution in [0.15, 0.2) is 0 Å². The van der Waals surface area contributed by atoms with Crippen LogP contribution in [0.1, 0.15) is 58.3 Å². The summed E-state index contributed by atoms with van der Waals surface area (Å²) in [6.07, 6.45) is 10.8. The molecule has 0 spiro atoms. The summed E-state index contributed by atoms with van der Waals surface area (Å²) < 4.78 is 0. The maximum atomic E-state index is 6.01. The molecule has 0 heterocycles. The first-order chi connectivity index (χ1) is 7.18. The normalized spacial score (nSPS) is 35.6. The van der Waals surface area contributed by atoms with Crippen LogP contribution in [0.5, 0.6) is 0 Å². The van der Waals surface area contributed by atoms with Gasteiger partial charge in [-0.15, -0.1) is 0 Å². The Morgan fingerprint density at radius 2 is 1.93 bits per heavy atom. The molecule has 15 heavy (non-hydrogen) atoms. The fraction of sp³-hybridized carbons (Fsp3) is 1.00. The van der Waals surface area contributed by atoms with Gasteiger partial charge in [0.05, 0.1) is 0 Å². The van der Waals surface area contributed by atoms with Gasteiger partial charge in [-0.3, -0.25) is 0 Å². The van der Waals surface area contributed by atoms with E-state index in [0.717, 1.165) is 5.92 Å². The molecule has 0 radical (unpaired) electrons. The molecule has 0 bridgehead atoms. The summed E-state index contributed by atoms with van der Waals surface area (Å²) in [4.78, 5) is 0. The van der Waals surface area contributed by atoms with E-state index in [1.54, 1.807) is 0 Å². The summed E-state index contributed by atoms with van der Waals surface area (Å²) in [7, 11) is 0. The zero-order valence-electron chi connectivity index (χ0n) is 10.1. The van der Waals surface area contributed by atoms with E-state index in [2.05, 4.69) is 12.2 Å². The van der Waals surface area contributed by atoms with Crippen molar-refractivity contribution in [2.45, 2.75) is 69.9 Å². The van der Waals surface area contributed by atoms with Gasteiger partial charge in [0.1, 0.15) is 0 Å². The van der Waals surface area contributed by atoms with Crippen LogP contribution < -0.4 is 11.1 Å². The molecule has 0 amide bonds. The zero-order chi connectivity index (χ0) is 10.7. The molecule has 2 aliphatic rings. The summed E-state index contributed by atoms with van der Waals surface area (Å²) >= 11 is 0. The Morgan fingerprint density at radius 3 is 2.60 bits per heavy atom. The second-order valence-electron chi connectivity index (χ2n) is 5.94. The lowest BCUT2D eigenvalue weighted by Crippen LogP contribution is -2.43. The molecule has 0 aliphatic heterocycles. The average molecular weight is 210 g/mol. The first kappa shape index (κ1) is 11.4. The van der Waals surface area contributed by atoms with Crippen LogP contribution in [0.4, 0.5) is 0 Å². The van der Waals surface area contributed by atoms with Gasteiger partial charge in [-0.1, -0.05) is 19.3 Å². The van der Waals surface area contributed by atoms with E-state index in [1.165, 1.54) is 57.9 Å². The number of rotatable bonds is 3. The standard InChI is InChI=1S/C13H26N2/c1-13(7-2-3-8-13)15-10-11-5-4-6-12(14)9-11/h11-12,15H,2-10,14H2,1H3. The highest BCUT2D eigenvalue weighted by molar-refractivity contribution is 4.89. The Bertz CT molecular complexity index is 197. The Hall–Kier alpha value is -0.0800. The Morgan fingerprint density at radius 1 is 1.20 bits per heavy atom. The maximum absolute atomic E-state index is 6.01.